The minimum atomic E-state index is -1.16. The van der Waals surface area contributed by atoms with E-state index in [-0.39, 0.29) is 0 Å². The fourth-order valence-corrected chi connectivity index (χ4v) is 12.6. The zero-order valence-corrected chi connectivity index (χ0v) is 22.9. The molecule has 3 aromatic rings. The van der Waals surface area contributed by atoms with Crippen LogP contribution in [0.5, 0.6) is 0 Å². The normalized spacial score (nSPS) is 17.7. The predicted octanol–water partition coefficient (Wildman–Crippen LogP) is 8.30. The van der Waals surface area contributed by atoms with E-state index in [0.717, 1.165) is 6.42 Å². The molecular formula is C30H30Hf. The fraction of sp³-hybridized carbons (Fsp3) is 0.267. The van der Waals surface area contributed by atoms with E-state index in [4.69, 9.17) is 0 Å². The van der Waals surface area contributed by atoms with Gasteiger partial charge in [-0.05, 0) is 0 Å². The van der Waals surface area contributed by atoms with E-state index < -0.39 is 22.9 Å². The van der Waals surface area contributed by atoms with E-state index in [1.165, 1.54) is 28.3 Å². The molecule has 0 N–H and O–H groups in total. The van der Waals surface area contributed by atoms with Gasteiger partial charge in [0.05, 0.1) is 0 Å². The Labute approximate surface area is 198 Å². The van der Waals surface area contributed by atoms with Crippen LogP contribution < -0.4 is 0 Å². The summed E-state index contributed by atoms with van der Waals surface area (Å²) in [6.07, 6.45) is 2.23. The zero-order chi connectivity index (χ0) is 21.8. The van der Waals surface area contributed by atoms with Crippen molar-refractivity contribution in [3.63, 3.8) is 0 Å². The van der Waals surface area contributed by atoms with Crippen molar-refractivity contribution < 1.29 is 22.9 Å². The van der Waals surface area contributed by atoms with E-state index in [1.54, 1.807) is 33.4 Å². The van der Waals surface area contributed by atoms with Crippen LogP contribution in [0.3, 0.4) is 0 Å². The Hall–Kier alpha value is -1.99. The quantitative estimate of drug-likeness (QED) is 0.278. The summed E-state index contributed by atoms with van der Waals surface area (Å²) in [5.41, 5.74) is 12.5. The monoisotopic (exact) mass is 570 g/mol. The molecule has 0 unspecified atom stereocenters. The number of rotatable bonds is 4. The fourth-order valence-electron chi connectivity index (χ4n) is 5.38. The first kappa shape index (κ1) is 20.9. The van der Waals surface area contributed by atoms with E-state index in [1.807, 2.05) is 3.33 Å². The van der Waals surface area contributed by atoms with Crippen LogP contribution in [0.1, 0.15) is 51.3 Å². The van der Waals surface area contributed by atoms with Crippen LogP contribution in [0.2, 0.25) is 3.17 Å². The van der Waals surface area contributed by atoms with Crippen LogP contribution in [-0.2, 0) is 35.7 Å². The molecule has 0 aromatic heterocycles. The SMILES string of the molecule is CC1=C(C)[C](C)([Hf][C]2=C(Cc3ccccc3)c3cc4ccccc4cc3C2)C(C)=C1C. The first-order valence-electron chi connectivity index (χ1n) is 11.3. The van der Waals surface area contributed by atoms with Gasteiger partial charge in [0.25, 0.3) is 0 Å². The Morgan fingerprint density at radius 1 is 0.774 bits per heavy atom. The van der Waals surface area contributed by atoms with Crippen LogP contribution in [0.4, 0.5) is 0 Å². The van der Waals surface area contributed by atoms with Gasteiger partial charge in [0.1, 0.15) is 0 Å². The van der Waals surface area contributed by atoms with Gasteiger partial charge in [-0.2, -0.15) is 0 Å². The molecule has 5 rings (SSSR count). The average Bonchev–Trinajstić information content (AvgIpc) is 3.17. The molecule has 0 bridgehead atoms. The van der Waals surface area contributed by atoms with Crippen LogP contribution >= 0.6 is 0 Å². The Morgan fingerprint density at radius 2 is 1.35 bits per heavy atom. The van der Waals surface area contributed by atoms with Gasteiger partial charge in [-0.15, -0.1) is 0 Å². The summed E-state index contributed by atoms with van der Waals surface area (Å²) in [6, 6.07) is 24.8. The van der Waals surface area contributed by atoms with E-state index in [2.05, 4.69) is 101 Å². The average molecular weight is 569 g/mol. The third kappa shape index (κ3) is 3.46. The number of allylic oxidation sites excluding steroid dienone is 6. The molecule has 0 aliphatic heterocycles. The molecule has 0 fully saturated rings. The standard InChI is InChI=1S/C20H15.C10H15.Hf/c1-2-6-15(7-3-1)12-18-10-11-19-13-16-8-4-5-9-17(16)14-20(18)19;1-6-7(2)9(4)10(5)8(6)3;/h1-9,13-14H,11-12H2;1-5H3;. The van der Waals surface area contributed by atoms with Crippen LogP contribution in [-0.4, -0.2) is 0 Å². The minimum absolute atomic E-state index is 0.326. The third-order valence-corrected chi connectivity index (χ3v) is 15.1. The molecule has 2 aliphatic rings. The summed E-state index contributed by atoms with van der Waals surface area (Å²) in [6.45, 7) is 12.0. The third-order valence-electron chi connectivity index (χ3n) is 7.84. The van der Waals surface area contributed by atoms with E-state index in [0.29, 0.717) is 3.17 Å². The van der Waals surface area contributed by atoms with Gasteiger partial charge in [0.15, 0.2) is 0 Å². The van der Waals surface area contributed by atoms with Crippen LogP contribution in [0.15, 0.2) is 92.4 Å². The Morgan fingerprint density at radius 3 is 2.00 bits per heavy atom. The van der Waals surface area contributed by atoms with Gasteiger partial charge in [0.2, 0.25) is 0 Å². The summed E-state index contributed by atoms with van der Waals surface area (Å²) in [5.74, 6) is 0. The number of hydrogen-bond acceptors (Lipinski definition) is 0. The van der Waals surface area contributed by atoms with Crippen molar-refractivity contribution in [2.24, 2.45) is 0 Å². The van der Waals surface area contributed by atoms with E-state index >= 15 is 0 Å². The molecule has 31 heavy (non-hydrogen) atoms. The molecular weight excluding hydrogens is 539 g/mol. The predicted molar refractivity (Wildman–Crippen MR) is 130 cm³/mol. The summed E-state index contributed by atoms with van der Waals surface area (Å²) in [7, 11) is 0. The second-order valence-corrected chi connectivity index (χ2v) is 16.1. The van der Waals surface area contributed by atoms with Crippen molar-refractivity contribution in [2.45, 2.75) is 50.6 Å². The second-order valence-electron chi connectivity index (χ2n) is 9.40. The van der Waals surface area contributed by atoms with Crippen molar-refractivity contribution in [3.05, 3.63) is 109 Å². The molecule has 1 heteroatoms. The van der Waals surface area contributed by atoms with Crippen molar-refractivity contribution >= 4 is 16.3 Å². The molecule has 154 valence electrons. The van der Waals surface area contributed by atoms with Crippen molar-refractivity contribution in [1.82, 2.24) is 0 Å². The number of fused-ring (bicyclic) bond motifs is 2. The first-order chi connectivity index (χ1) is 14.9. The van der Waals surface area contributed by atoms with Crippen molar-refractivity contribution in [3.8, 4) is 0 Å². The molecule has 0 saturated heterocycles. The van der Waals surface area contributed by atoms with Gasteiger partial charge in [-0.3, -0.25) is 0 Å². The molecule has 0 nitrogen and oxygen atoms in total. The summed E-state index contributed by atoms with van der Waals surface area (Å²) >= 11 is -1.16. The molecule has 3 aromatic carbocycles. The van der Waals surface area contributed by atoms with Crippen molar-refractivity contribution in [2.75, 3.05) is 0 Å². The maximum atomic E-state index is 2.55. The summed E-state index contributed by atoms with van der Waals surface area (Å²) < 4.78 is 2.14. The Kier molecular flexibility index (Phi) is 5.29. The number of hydrogen-bond donors (Lipinski definition) is 0. The summed E-state index contributed by atoms with van der Waals surface area (Å²) in [5, 5.41) is 2.74. The van der Waals surface area contributed by atoms with E-state index in [9.17, 15) is 0 Å². The molecule has 0 radical (unpaired) electrons. The van der Waals surface area contributed by atoms with Gasteiger partial charge in [-0.1, -0.05) is 0 Å². The second kappa shape index (κ2) is 7.85. The van der Waals surface area contributed by atoms with Crippen LogP contribution in [0, 0.1) is 0 Å². The van der Waals surface area contributed by atoms with Gasteiger partial charge < -0.3 is 0 Å². The molecule has 2 aliphatic carbocycles. The Bertz CT molecular complexity index is 1260. The molecule has 0 saturated carbocycles. The van der Waals surface area contributed by atoms with Gasteiger partial charge in [-0.25, -0.2) is 0 Å². The summed E-state index contributed by atoms with van der Waals surface area (Å²) in [4.78, 5) is 0. The van der Waals surface area contributed by atoms with Crippen LogP contribution in [0.25, 0.3) is 16.3 Å². The van der Waals surface area contributed by atoms with Gasteiger partial charge in [0, 0.05) is 0 Å². The van der Waals surface area contributed by atoms with Gasteiger partial charge >= 0.3 is 199 Å². The molecule has 0 spiro atoms. The molecule has 0 atom stereocenters. The maximum absolute atomic E-state index is 2.55. The Balaban J connectivity index is 1.63. The number of benzene rings is 3. The molecule has 0 heterocycles. The topological polar surface area (TPSA) is 0 Å². The first-order valence-corrected chi connectivity index (χ1v) is 14.9. The van der Waals surface area contributed by atoms with Crippen molar-refractivity contribution in [1.29, 1.82) is 0 Å². The zero-order valence-electron chi connectivity index (χ0n) is 19.3. The molecule has 0 amide bonds.